The third-order valence-electron chi connectivity index (χ3n) is 4.33. The summed E-state index contributed by atoms with van der Waals surface area (Å²) in [6.07, 6.45) is 0. The minimum absolute atomic E-state index is 0.179. The van der Waals surface area contributed by atoms with Crippen LogP contribution in [0.15, 0.2) is 36.4 Å². The van der Waals surface area contributed by atoms with Crippen molar-refractivity contribution in [3.8, 4) is 0 Å². The van der Waals surface area contributed by atoms with Gasteiger partial charge in [-0.2, -0.15) is 0 Å². The summed E-state index contributed by atoms with van der Waals surface area (Å²) in [7, 11) is 0. The summed E-state index contributed by atoms with van der Waals surface area (Å²) in [5.41, 5.74) is 1.83. The first-order valence-corrected chi connectivity index (χ1v) is 9.53. The molecule has 0 spiro atoms. The Kier molecular flexibility index (Phi) is 6.73. The highest BCUT2D eigenvalue weighted by Crippen LogP contribution is 2.32. The zero-order valence-corrected chi connectivity index (χ0v) is 17.8. The average Bonchev–Trinajstić information content (AvgIpc) is 2.52. The molecule has 1 nitrogen and oxygen atoms in total. The van der Waals surface area contributed by atoms with E-state index in [1.54, 1.807) is 0 Å². The van der Waals surface area contributed by atoms with E-state index in [4.69, 9.17) is 51.1 Å². The van der Waals surface area contributed by atoms with E-state index in [2.05, 4.69) is 27.7 Å². The fourth-order valence-corrected chi connectivity index (χ4v) is 3.16. The van der Waals surface area contributed by atoms with E-state index in [9.17, 15) is 0 Å². The summed E-state index contributed by atoms with van der Waals surface area (Å²) >= 11 is 24.3. The number of rotatable bonds is 6. The summed E-state index contributed by atoms with van der Waals surface area (Å²) in [4.78, 5) is 0. The fourth-order valence-electron chi connectivity index (χ4n) is 2.56. The Labute approximate surface area is 170 Å². The molecule has 0 bridgehead atoms. The lowest BCUT2D eigenvalue weighted by Crippen LogP contribution is -2.30. The van der Waals surface area contributed by atoms with Gasteiger partial charge in [0.2, 0.25) is 0 Å². The molecule has 136 valence electrons. The van der Waals surface area contributed by atoms with Crippen LogP contribution in [0.5, 0.6) is 0 Å². The van der Waals surface area contributed by atoms with Gasteiger partial charge in [-0.15, -0.1) is 0 Å². The van der Waals surface area contributed by atoms with Crippen LogP contribution in [0.3, 0.4) is 0 Å². The van der Waals surface area contributed by atoms with Crippen molar-refractivity contribution >= 4 is 46.4 Å². The van der Waals surface area contributed by atoms with Crippen LogP contribution in [-0.2, 0) is 15.6 Å². The summed E-state index contributed by atoms with van der Waals surface area (Å²) in [6, 6.07) is 11.4. The van der Waals surface area contributed by atoms with Crippen molar-refractivity contribution in [2.75, 3.05) is 13.2 Å². The third-order valence-corrected chi connectivity index (χ3v) is 5.81. The first-order valence-electron chi connectivity index (χ1n) is 8.02. The van der Waals surface area contributed by atoms with Gasteiger partial charge in [0.1, 0.15) is 0 Å². The topological polar surface area (TPSA) is 9.23 Å². The number of hydrogen-bond acceptors (Lipinski definition) is 1. The summed E-state index contributed by atoms with van der Waals surface area (Å²) < 4.78 is 6.06. The van der Waals surface area contributed by atoms with E-state index in [1.807, 2.05) is 36.4 Å². The Hall–Kier alpha value is -0.440. The van der Waals surface area contributed by atoms with Crippen molar-refractivity contribution in [1.82, 2.24) is 0 Å². The quantitative estimate of drug-likeness (QED) is 0.468. The average molecular weight is 420 g/mol. The molecule has 2 rings (SSSR count). The van der Waals surface area contributed by atoms with Crippen LogP contribution in [0.25, 0.3) is 0 Å². The minimum atomic E-state index is -0.179. The molecule has 5 heteroatoms. The number of hydrogen-bond donors (Lipinski definition) is 0. The molecule has 0 aliphatic carbocycles. The molecule has 0 aliphatic rings. The predicted molar refractivity (Wildman–Crippen MR) is 110 cm³/mol. The largest absolute Gasteiger partial charge is 0.380 e. The monoisotopic (exact) mass is 418 g/mol. The van der Waals surface area contributed by atoms with E-state index in [0.717, 1.165) is 11.1 Å². The van der Waals surface area contributed by atoms with E-state index < -0.39 is 0 Å². The number of benzene rings is 2. The van der Waals surface area contributed by atoms with Gasteiger partial charge in [0, 0.05) is 10.8 Å². The van der Waals surface area contributed by atoms with Gasteiger partial charge in [-0.1, -0.05) is 86.2 Å². The Morgan fingerprint density at radius 2 is 1.00 bits per heavy atom. The van der Waals surface area contributed by atoms with Gasteiger partial charge < -0.3 is 4.74 Å². The Morgan fingerprint density at radius 1 is 0.640 bits per heavy atom. The highest BCUT2D eigenvalue weighted by Gasteiger charge is 2.26. The maximum atomic E-state index is 6.14. The molecule has 0 aliphatic heterocycles. The first kappa shape index (κ1) is 20.9. The highest BCUT2D eigenvalue weighted by atomic mass is 35.5. The zero-order valence-electron chi connectivity index (χ0n) is 14.8. The molecule has 0 radical (unpaired) electrons. The van der Waals surface area contributed by atoms with Gasteiger partial charge in [-0.25, -0.2) is 0 Å². The minimum Gasteiger partial charge on any atom is -0.380 e. The second-order valence-electron chi connectivity index (χ2n) is 7.52. The van der Waals surface area contributed by atoms with Gasteiger partial charge in [0.15, 0.2) is 0 Å². The van der Waals surface area contributed by atoms with E-state index in [1.165, 1.54) is 0 Å². The van der Waals surface area contributed by atoms with Crippen LogP contribution in [0, 0.1) is 0 Å². The lowest BCUT2D eigenvalue weighted by molar-refractivity contribution is 0.0634. The van der Waals surface area contributed by atoms with Crippen molar-refractivity contribution in [2.45, 2.75) is 38.5 Å². The van der Waals surface area contributed by atoms with Crippen molar-refractivity contribution in [1.29, 1.82) is 0 Å². The number of halogens is 4. The van der Waals surface area contributed by atoms with Crippen LogP contribution < -0.4 is 0 Å². The van der Waals surface area contributed by atoms with Crippen LogP contribution >= 0.6 is 46.4 Å². The Balaban J connectivity index is 2.04. The third kappa shape index (κ3) is 5.28. The van der Waals surface area contributed by atoms with Crippen LogP contribution in [0.4, 0.5) is 0 Å². The fraction of sp³-hybridized carbons (Fsp3) is 0.400. The molecule has 0 aromatic heterocycles. The SMILES string of the molecule is CC(C)(COCC(C)(C)c1ccc(Cl)c(Cl)c1)c1ccc(Cl)c(Cl)c1. The van der Waals surface area contributed by atoms with Crippen LogP contribution in [-0.4, -0.2) is 13.2 Å². The predicted octanol–water partition coefficient (Wildman–Crippen LogP) is 7.57. The van der Waals surface area contributed by atoms with Crippen molar-refractivity contribution in [2.24, 2.45) is 0 Å². The van der Waals surface area contributed by atoms with E-state index in [-0.39, 0.29) is 10.8 Å². The molecule has 0 amide bonds. The van der Waals surface area contributed by atoms with Gasteiger partial charge in [0.25, 0.3) is 0 Å². The molecule has 0 saturated carbocycles. The standard InChI is InChI=1S/C20H22Cl4O/c1-19(2,13-5-7-15(21)17(23)9-13)11-25-12-20(3,4)14-6-8-16(22)18(24)10-14/h5-10H,11-12H2,1-4H3. The lowest BCUT2D eigenvalue weighted by Gasteiger charge is -2.30. The Morgan fingerprint density at radius 3 is 1.32 bits per heavy atom. The molecular weight excluding hydrogens is 398 g/mol. The lowest BCUT2D eigenvalue weighted by atomic mass is 9.84. The maximum Gasteiger partial charge on any atom is 0.0595 e. The summed E-state index contributed by atoms with van der Waals surface area (Å²) in [5.74, 6) is 0. The zero-order chi connectivity index (χ0) is 18.8. The molecule has 2 aromatic carbocycles. The summed E-state index contributed by atoms with van der Waals surface area (Å²) in [5, 5.41) is 2.23. The van der Waals surface area contributed by atoms with Crippen molar-refractivity contribution < 1.29 is 4.74 Å². The molecule has 0 saturated heterocycles. The Bertz CT molecular complexity index is 690. The molecule has 0 N–H and O–H groups in total. The summed E-state index contributed by atoms with van der Waals surface area (Å²) in [6.45, 7) is 9.63. The van der Waals surface area contributed by atoms with Crippen LogP contribution in [0.1, 0.15) is 38.8 Å². The molecular formula is C20H22Cl4O. The second kappa shape index (κ2) is 8.06. The van der Waals surface area contributed by atoms with Crippen LogP contribution in [0.2, 0.25) is 20.1 Å². The normalized spacial score (nSPS) is 12.5. The molecule has 2 aromatic rings. The molecule has 0 unspecified atom stereocenters. The molecule has 0 fully saturated rings. The van der Waals surface area contributed by atoms with Gasteiger partial charge in [-0.3, -0.25) is 0 Å². The van der Waals surface area contributed by atoms with Crippen molar-refractivity contribution in [3.05, 3.63) is 67.6 Å². The molecule has 0 heterocycles. The van der Waals surface area contributed by atoms with Crippen molar-refractivity contribution in [3.63, 3.8) is 0 Å². The smallest absolute Gasteiger partial charge is 0.0595 e. The van der Waals surface area contributed by atoms with Gasteiger partial charge in [0.05, 0.1) is 33.3 Å². The van der Waals surface area contributed by atoms with E-state index in [0.29, 0.717) is 33.3 Å². The second-order valence-corrected chi connectivity index (χ2v) is 9.15. The van der Waals surface area contributed by atoms with E-state index >= 15 is 0 Å². The maximum absolute atomic E-state index is 6.14. The van der Waals surface area contributed by atoms with Gasteiger partial charge >= 0.3 is 0 Å². The molecule has 0 atom stereocenters. The first-order chi connectivity index (χ1) is 11.5. The molecule has 25 heavy (non-hydrogen) atoms. The highest BCUT2D eigenvalue weighted by molar-refractivity contribution is 6.42. The van der Waals surface area contributed by atoms with Gasteiger partial charge in [-0.05, 0) is 35.4 Å². The number of ether oxygens (including phenoxy) is 1.